The molecule has 6 nitrogen and oxygen atoms in total. The van der Waals surface area contributed by atoms with Gasteiger partial charge in [-0.1, -0.05) is 12.6 Å². The van der Waals surface area contributed by atoms with Crippen molar-refractivity contribution in [3.63, 3.8) is 0 Å². The fraction of sp³-hybridized carbons (Fsp3) is 0.0870. The number of methoxy groups -OCH3 is 1. The molecule has 3 rings (SSSR count). The van der Waals surface area contributed by atoms with Gasteiger partial charge in [-0.2, -0.15) is 0 Å². The molecular formula is C23H21FN4O2. The fourth-order valence-corrected chi connectivity index (χ4v) is 2.82. The highest BCUT2D eigenvalue weighted by Gasteiger charge is 2.15. The number of pyridine rings is 1. The van der Waals surface area contributed by atoms with Crippen LogP contribution in [0.3, 0.4) is 0 Å². The molecule has 0 aliphatic carbocycles. The third-order valence-corrected chi connectivity index (χ3v) is 4.44. The van der Waals surface area contributed by atoms with Gasteiger partial charge in [-0.25, -0.2) is 9.38 Å². The molecule has 1 heterocycles. The number of amidine groups is 1. The highest BCUT2D eigenvalue weighted by molar-refractivity contribution is 6.07. The first-order valence-electron chi connectivity index (χ1n) is 9.08. The minimum Gasteiger partial charge on any atom is -0.497 e. The van der Waals surface area contributed by atoms with Gasteiger partial charge in [0.15, 0.2) is 0 Å². The van der Waals surface area contributed by atoms with Crippen molar-refractivity contribution in [1.29, 1.82) is 0 Å². The van der Waals surface area contributed by atoms with E-state index in [4.69, 9.17) is 10.5 Å². The average Bonchev–Trinajstić information content (AvgIpc) is 2.74. The topological polar surface area (TPSA) is 89.6 Å². The summed E-state index contributed by atoms with van der Waals surface area (Å²) in [6.07, 6.45) is 3.31. The zero-order valence-corrected chi connectivity index (χ0v) is 16.6. The molecule has 0 saturated heterocycles. The lowest BCUT2D eigenvalue weighted by Crippen LogP contribution is -2.24. The van der Waals surface area contributed by atoms with Gasteiger partial charge in [-0.3, -0.25) is 9.78 Å². The standard InChI is InChI=1S/C23H21FN4O2/c1-14-6-8-18(30-3)12-20(14)23(27-15(2)16-5-4-10-26-13-16)28-21-11-17(24)7-9-19(21)22(25)29/h4-13H,2H2,1,3H3,(H2,25,29)(H,27,28). The van der Waals surface area contributed by atoms with Gasteiger partial charge in [0.1, 0.15) is 17.4 Å². The molecule has 1 aromatic heterocycles. The summed E-state index contributed by atoms with van der Waals surface area (Å²) < 4.78 is 19.2. The number of primary amides is 1. The van der Waals surface area contributed by atoms with Gasteiger partial charge >= 0.3 is 0 Å². The first-order chi connectivity index (χ1) is 14.4. The number of halogens is 1. The summed E-state index contributed by atoms with van der Waals surface area (Å²) in [7, 11) is 1.56. The van der Waals surface area contributed by atoms with Crippen molar-refractivity contribution in [2.24, 2.45) is 10.7 Å². The minimum atomic E-state index is -0.707. The normalized spacial score (nSPS) is 11.1. The zero-order chi connectivity index (χ0) is 21.7. The van der Waals surface area contributed by atoms with Crippen molar-refractivity contribution in [2.75, 3.05) is 7.11 Å². The number of hydrogen-bond acceptors (Lipinski definition) is 4. The van der Waals surface area contributed by atoms with Crippen LogP contribution in [0.2, 0.25) is 0 Å². The molecule has 0 spiro atoms. The van der Waals surface area contributed by atoms with Crippen LogP contribution in [0.1, 0.15) is 27.0 Å². The van der Waals surface area contributed by atoms with E-state index >= 15 is 0 Å². The van der Waals surface area contributed by atoms with E-state index in [0.29, 0.717) is 22.8 Å². The number of rotatable bonds is 6. The van der Waals surface area contributed by atoms with Gasteiger partial charge < -0.3 is 15.8 Å². The quantitative estimate of drug-likeness (QED) is 0.480. The highest BCUT2D eigenvalue weighted by Crippen LogP contribution is 2.24. The van der Waals surface area contributed by atoms with Crippen LogP contribution in [-0.2, 0) is 0 Å². The Morgan fingerprint density at radius 1 is 1.20 bits per heavy atom. The molecule has 0 aliphatic rings. The first kappa shape index (κ1) is 20.7. The third-order valence-electron chi connectivity index (χ3n) is 4.44. The summed E-state index contributed by atoms with van der Waals surface area (Å²) in [6.45, 7) is 5.95. The van der Waals surface area contributed by atoms with Crippen molar-refractivity contribution < 1.29 is 13.9 Å². The van der Waals surface area contributed by atoms with Gasteiger partial charge in [-0.15, -0.1) is 0 Å². The molecule has 0 aliphatic heterocycles. The number of nitrogens with one attached hydrogen (secondary N) is 1. The lowest BCUT2D eigenvalue weighted by atomic mass is 10.1. The Hall–Kier alpha value is -4.00. The summed E-state index contributed by atoms with van der Waals surface area (Å²) in [5.41, 5.74) is 8.51. The van der Waals surface area contributed by atoms with Crippen LogP contribution >= 0.6 is 0 Å². The van der Waals surface area contributed by atoms with E-state index in [1.54, 1.807) is 31.6 Å². The SMILES string of the molecule is C=C(NC(=Nc1cc(F)ccc1C(N)=O)c1cc(OC)ccc1C)c1cccnc1. The van der Waals surface area contributed by atoms with Crippen LogP contribution in [0.15, 0.2) is 72.5 Å². The molecular weight excluding hydrogens is 383 g/mol. The van der Waals surface area contributed by atoms with Crippen molar-refractivity contribution in [3.8, 4) is 5.75 Å². The van der Waals surface area contributed by atoms with Crippen LogP contribution in [0.25, 0.3) is 5.70 Å². The molecule has 0 bridgehead atoms. The van der Waals surface area contributed by atoms with Gasteiger partial charge in [0, 0.05) is 35.3 Å². The van der Waals surface area contributed by atoms with E-state index in [1.165, 1.54) is 6.07 Å². The number of hydrogen-bond donors (Lipinski definition) is 2. The number of nitrogens with zero attached hydrogens (tertiary/aromatic N) is 2. The molecule has 152 valence electrons. The second kappa shape index (κ2) is 9.00. The van der Waals surface area contributed by atoms with Gasteiger partial charge in [0.05, 0.1) is 18.4 Å². The molecule has 2 aromatic carbocycles. The summed E-state index contributed by atoms with van der Waals surface area (Å²) in [5, 5.41) is 3.16. The highest BCUT2D eigenvalue weighted by atomic mass is 19.1. The number of aliphatic imine (C=N–C) groups is 1. The number of aromatic nitrogens is 1. The molecule has 1 amide bonds. The number of nitrogens with two attached hydrogens (primary N) is 1. The first-order valence-corrected chi connectivity index (χ1v) is 9.08. The van der Waals surface area contributed by atoms with Gasteiger partial charge in [0.2, 0.25) is 0 Å². The Morgan fingerprint density at radius 2 is 2.00 bits per heavy atom. The minimum absolute atomic E-state index is 0.100. The molecule has 3 aromatic rings. The summed E-state index contributed by atoms with van der Waals surface area (Å²) in [4.78, 5) is 20.5. The van der Waals surface area contributed by atoms with Crippen molar-refractivity contribution in [2.45, 2.75) is 6.92 Å². The van der Waals surface area contributed by atoms with Crippen LogP contribution < -0.4 is 15.8 Å². The number of aryl methyl sites for hydroxylation is 1. The molecule has 0 unspecified atom stereocenters. The van der Waals surface area contributed by atoms with Crippen LogP contribution in [-0.4, -0.2) is 23.8 Å². The predicted octanol–water partition coefficient (Wildman–Crippen LogP) is 3.98. The largest absolute Gasteiger partial charge is 0.497 e. The monoisotopic (exact) mass is 404 g/mol. The van der Waals surface area contributed by atoms with Crippen LogP contribution in [0.5, 0.6) is 5.75 Å². The molecule has 0 atom stereocenters. The van der Waals surface area contributed by atoms with E-state index in [0.717, 1.165) is 23.3 Å². The van der Waals surface area contributed by atoms with Crippen molar-refractivity contribution in [1.82, 2.24) is 10.3 Å². The lowest BCUT2D eigenvalue weighted by molar-refractivity contribution is 0.100. The van der Waals surface area contributed by atoms with Crippen molar-refractivity contribution in [3.05, 3.63) is 95.6 Å². The van der Waals surface area contributed by atoms with E-state index < -0.39 is 11.7 Å². The second-order valence-corrected chi connectivity index (χ2v) is 6.51. The van der Waals surface area contributed by atoms with E-state index in [2.05, 4.69) is 21.9 Å². The summed E-state index contributed by atoms with van der Waals surface area (Å²) in [6, 6.07) is 12.7. The Labute approximate surface area is 173 Å². The maximum atomic E-state index is 13.9. The van der Waals surface area contributed by atoms with Gasteiger partial charge in [0.25, 0.3) is 5.91 Å². The third kappa shape index (κ3) is 4.70. The number of carbonyl (C=O) groups is 1. The predicted molar refractivity (Wildman–Crippen MR) is 115 cm³/mol. The molecule has 7 heteroatoms. The van der Waals surface area contributed by atoms with E-state index in [-0.39, 0.29) is 11.3 Å². The second-order valence-electron chi connectivity index (χ2n) is 6.51. The smallest absolute Gasteiger partial charge is 0.250 e. The van der Waals surface area contributed by atoms with E-state index in [9.17, 15) is 9.18 Å². The van der Waals surface area contributed by atoms with Gasteiger partial charge in [-0.05, 0) is 48.9 Å². The Morgan fingerprint density at radius 3 is 2.67 bits per heavy atom. The Balaban J connectivity index is 2.16. The molecule has 30 heavy (non-hydrogen) atoms. The Kier molecular flexibility index (Phi) is 6.22. The summed E-state index contributed by atoms with van der Waals surface area (Å²) in [5.74, 6) is -0.270. The van der Waals surface area contributed by atoms with Crippen molar-refractivity contribution >= 4 is 23.1 Å². The number of benzene rings is 2. The average molecular weight is 404 g/mol. The zero-order valence-electron chi connectivity index (χ0n) is 16.6. The van der Waals surface area contributed by atoms with Crippen LogP contribution in [0, 0.1) is 12.7 Å². The molecule has 3 N–H and O–H groups in total. The maximum Gasteiger partial charge on any atom is 0.250 e. The van der Waals surface area contributed by atoms with Crippen LogP contribution in [0.4, 0.5) is 10.1 Å². The number of ether oxygens (including phenoxy) is 1. The number of carbonyl (C=O) groups excluding carboxylic acids is 1. The lowest BCUT2D eigenvalue weighted by Gasteiger charge is -2.16. The molecule has 0 fully saturated rings. The van der Waals surface area contributed by atoms with E-state index in [1.807, 2.05) is 25.1 Å². The fourth-order valence-electron chi connectivity index (χ4n) is 2.82. The molecule has 0 saturated carbocycles. The summed E-state index contributed by atoms with van der Waals surface area (Å²) >= 11 is 0. The Bertz CT molecular complexity index is 1130. The molecule has 0 radical (unpaired) electrons. The number of amides is 1. The maximum absolute atomic E-state index is 13.9.